The maximum Gasteiger partial charge on any atom is 0.0663 e. The lowest BCUT2D eigenvalue weighted by Gasteiger charge is -2.16. The summed E-state index contributed by atoms with van der Waals surface area (Å²) in [5.41, 5.74) is 8.87. The highest BCUT2D eigenvalue weighted by molar-refractivity contribution is 9.10. The first-order valence-electron chi connectivity index (χ1n) is 6.84. The van der Waals surface area contributed by atoms with Gasteiger partial charge in [-0.3, -0.25) is 9.58 Å². The molecular weight excluding hydrogens is 352 g/mol. The minimum Gasteiger partial charge on any atom is -0.326 e. The molecule has 114 valence electrons. The van der Waals surface area contributed by atoms with Gasteiger partial charge >= 0.3 is 0 Å². The number of rotatable bonds is 3. The van der Waals surface area contributed by atoms with Gasteiger partial charge in [0.15, 0.2) is 0 Å². The Balaban J connectivity index is 0.00000161. The Hall–Kier alpha value is -0.880. The zero-order valence-electron chi connectivity index (χ0n) is 11.9. The van der Waals surface area contributed by atoms with E-state index >= 15 is 0 Å². The number of likely N-dealkylation sites (tertiary alicyclic amines) is 1. The van der Waals surface area contributed by atoms with Gasteiger partial charge in [-0.25, -0.2) is 0 Å². The second-order valence-electron chi connectivity index (χ2n) is 5.44. The summed E-state index contributed by atoms with van der Waals surface area (Å²) in [4.78, 5) is 2.41. The summed E-state index contributed by atoms with van der Waals surface area (Å²) < 4.78 is 2.99. The van der Waals surface area contributed by atoms with Gasteiger partial charge in [0.25, 0.3) is 0 Å². The zero-order valence-corrected chi connectivity index (χ0v) is 14.3. The maximum absolute atomic E-state index is 6.33. The highest BCUT2D eigenvalue weighted by atomic mass is 79.9. The molecule has 6 heteroatoms. The lowest BCUT2D eigenvalue weighted by atomic mass is 9.95. The van der Waals surface area contributed by atoms with Crippen molar-refractivity contribution < 1.29 is 0 Å². The van der Waals surface area contributed by atoms with Gasteiger partial charge in [0.2, 0.25) is 0 Å². The maximum atomic E-state index is 6.33. The Labute approximate surface area is 139 Å². The molecule has 0 unspecified atom stereocenters. The summed E-state index contributed by atoms with van der Waals surface area (Å²) in [5, 5.41) is 4.27. The van der Waals surface area contributed by atoms with Crippen molar-refractivity contribution >= 4 is 28.3 Å². The van der Waals surface area contributed by atoms with Crippen molar-refractivity contribution in [3.8, 4) is 0 Å². The summed E-state index contributed by atoms with van der Waals surface area (Å²) in [7, 11) is 1.98. The third-order valence-electron chi connectivity index (χ3n) is 4.05. The van der Waals surface area contributed by atoms with Crippen LogP contribution >= 0.6 is 28.3 Å². The van der Waals surface area contributed by atoms with Gasteiger partial charge in [0.05, 0.1) is 16.4 Å². The Morgan fingerprint density at radius 3 is 2.62 bits per heavy atom. The summed E-state index contributed by atoms with van der Waals surface area (Å²) >= 11 is 3.56. The van der Waals surface area contributed by atoms with E-state index in [9.17, 15) is 0 Å². The molecule has 0 saturated carbocycles. The molecule has 1 saturated heterocycles. The summed E-state index contributed by atoms with van der Waals surface area (Å²) in [5.74, 6) is 0.420. The molecular formula is C15H20BrClN4. The van der Waals surface area contributed by atoms with Crippen LogP contribution in [0.2, 0.25) is 0 Å². The Kier molecular flexibility index (Phi) is 5.43. The van der Waals surface area contributed by atoms with E-state index in [0.717, 1.165) is 24.1 Å². The van der Waals surface area contributed by atoms with E-state index in [1.54, 1.807) is 0 Å². The standard InChI is InChI=1S/C15H19BrN4.ClH/c1-19-15(13(16)7-18-19)10-20-8-12(14(17)9-20)11-5-3-2-4-6-11;/h2-7,12,14H,8-10,17H2,1H3;1H/t12-,14+;/m0./s1. The molecule has 0 spiro atoms. The second kappa shape index (κ2) is 6.92. The molecule has 2 aromatic rings. The van der Waals surface area contributed by atoms with Crippen molar-refractivity contribution in [1.82, 2.24) is 14.7 Å². The molecule has 1 aromatic carbocycles. The van der Waals surface area contributed by atoms with Crippen LogP contribution in [-0.2, 0) is 13.6 Å². The predicted octanol–water partition coefficient (Wildman–Crippen LogP) is 2.53. The van der Waals surface area contributed by atoms with Crippen molar-refractivity contribution in [2.45, 2.75) is 18.5 Å². The van der Waals surface area contributed by atoms with Crippen LogP contribution in [-0.4, -0.2) is 33.8 Å². The van der Waals surface area contributed by atoms with Gasteiger partial charge in [-0.1, -0.05) is 30.3 Å². The first kappa shape index (κ1) is 16.5. The highest BCUT2D eigenvalue weighted by Crippen LogP contribution is 2.28. The van der Waals surface area contributed by atoms with Gasteiger partial charge in [0.1, 0.15) is 0 Å². The highest BCUT2D eigenvalue weighted by Gasteiger charge is 2.31. The normalized spacial score (nSPS) is 22.2. The predicted molar refractivity (Wildman–Crippen MR) is 90.6 cm³/mol. The quantitative estimate of drug-likeness (QED) is 0.902. The number of aromatic nitrogens is 2. The molecule has 0 aliphatic carbocycles. The summed E-state index contributed by atoms with van der Waals surface area (Å²) in [6.45, 7) is 2.81. The van der Waals surface area contributed by atoms with E-state index in [-0.39, 0.29) is 18.4 Å². The zero-order chi connectivity index (χ0) is 14.1. The average Bonchev–Trinajstić information content (AvgIpc) is 2.97. The molecule has 2 heterocycles. The van der Waals surface area contributed by atoms with Gasteiger partial charge in [-0.05, 0) is 21.5 Å². The van der Waals surface area contributed by atoms with E-state index in [4.69, 9.17) is 5.73 Å². The minimum absolute atomic E-state index is 0. The average molecular weight is 372 g/mol. The lowest BCUT2D eigenvalue weighted by molar-refractivity contribution is 0.313. The van der Waals surface area contributed by atoms with Crippen molar-refractivity contribution in [3.63, 3.8) is 0 Å². The molecule has 21 heavy (non-hydrogen) atoms. The number of hydrogen-bond acceptors (Lipinski definition) is 3. The number of aryl methyl sites for hydroxylation is 1. The van der Waals surface area contributed by atoms with Gasteiger partial charge in [0, 0.05) is 38.6 Å². The molecule has 0 bridgehead atoms. The van der Waals surface area contributed by atoms with E-state index in [0.29, 0.717) is 5.92 Å². The third-order valence-corrected chi connectivity index (χ3v) is 4.71. The van der Waals surface area contributed by atoms with E-state index in [1.807, 2.05) is 17.9 Å². The first-order chi connectivity index (χ1) is 9.65. The fourth-order valence-corrected chi connectivity index (χ4v) is 3.39. The van der Waals surface area contributed by atoms with Crippen LogP contribution in [0.25, 0.3) is 0 Å². The summed E-state index contributed by atoms with van der Waals surface area (Å²) in [6, 6.07) is 10.8. The molecule has 0 radical (unpaired) electrons. The Bertz CT molecular complexity index is 567. The largest absolute Gasteiger partial charge is 0.326 e. The van der Waals surface area contributed by atoms with Crippen molar-refractivity contribution in [3.05, 3.63) is 52.3 Å². The van der Waals surface area contributed by atoms with E-state index < -0.39 is 0 Å². The fraction of sp³-hybridized carbons (Fsp3) is 0.400. The lowest BCUT2D eigenvalue weighted by Crippen LogP contribution is -2.29. The SMILES string of the molecule is Cl.Cn1ncc(Br)c1CN1C[C@@H](N)[C@H](c2ccccc2)C1. The minimum atomic E-state index is 0. The van der Waals surface area contributed by atoms with E-state index in [1.165, 1.54) is 11.3 Å². The van der Waals surface area contributed by atoms with Gasteiger partial charge < -0.3 is 5.73 Å². The number of halogens is 2. The molecule has 4 nitrogen and oxygen atoms in total. The summed E-state index contributed by atoms with van der Waals surface area (Å²) in [6.07, 6.45) is 1.85. The smallest absolute Gasteiger partial charge is 0.0663 e. The molecule has 1 aromatic heterocycles. The van der Waals surface area contributed by atoms with Crippen LogP contribution in [0.1, 0.15) is 17.2 Å². The Morgan fingerprint density at radius 2 is 2.00 bits per heavy atom. The molecule has 3 rings (SSSR count). The molecule has 1 aliphatic rings. The Morgan fingerprint density at radius 1 is 1.29 bits per heavy atom. The molecule has 2 atom stereocenters. The van der Waals surface area contributed by atoms with Crippen molar-refractivity contribution in [1.29, 1.82) is 0 Å². The number of benzene rings is 1. The fourth-order valence-electron chi connectivity index (χ4n) is 2.92. The third kappa shape index (κ3) is 3.48. The number of hydrogen-bond donors (Lipinski definition) is 1. The number of nitrogens with zero attached hydrogens (tertiary/aromatic N) is 3. The van der Waals surface area contributed by atoms with Crippen LogP contribution in [0.3, 0.4) is 0 Å². The monoisotopic (exact) mass is 370 g/mol. The van der Waals surface area contributed by atoms with Gasteiger partial charge in [-0.2, -0.15) is 5.10 Å². The molecule has 1 aliphatic heterocycles. The van der Waals surface area contributed by atoms with Crippen molar-refractivity contribution in [2.24, 2.45) is 12.8 Å². The van der Waals surface area contributed by atoms with Crippen LogP contribution in [0.5, 0.6) is 0 Å². The van der Waals surface area contributed by atoms with Crippen molar-refractivity contribution in [2.75, 3.05) is 13.1 Å². The van der Waals surface area contributed by atoms with Crippen LogP contribution < -0.4 is 5.73 Å². The molecule has 2 N–H and O–H groups in total. The molecule has 0 amide bonds. The first-order valence-corrected chi connectivity index (χ1v) is 7.63. The second-order valence-corrected chi connectivity index (χ2v) is 6.29. The van der Waals surface area contributed by atoms with Gasteiger partial charge in [-0.15, -0.1) is 12.4 Å². The van der Waals surface area contributed by atoms with Crippen LogP contribution in [0.4, 0.5) is 0 Å². The van der Waals surface area contributed by atoms with Crippen LogP contribution in [0, 0.1) is 0 Å². The molecule has 1 fully saturated rings. The topological polar surface area (TPSA) is 47.1 Å². The number of nitrogens with two attached hydrogens (primary N) is 1. The van der Waals surface area contributed by atoms with E-state index in [2.05, 4.69) is 56.3 Å². The van der Waals surface area contributed by atoms with Crippen LogP contribution in [0.15, 0.2) is 41.0 Å².